The molecule has 0 unspecified atom stereocenters. The van der Waals surface area contributed by atoms with Crippen molar-refractivity contribution in [1.82, 2.24) is 10.2 Å². The number of carbonyl (C=O) groups is 1. The van der Waals surface area contributed by atoms with E-state index in [9.17, 15) is 13.6 Å². The summed E-state index contributed by atoms with van der Waals surface area (Å²) in [5.74, 6) is 0. The fourth-order valence-electron chi connectivity index (χ4n) is 1.89. The molecule has 7 heteroatoms. The molecule has 118 valence electrons. The van der Waals surface area contributed by atoms with E-state index in [4.69, 9.17) is 23.2 Å². The van der Waals surface area contributed by atoms with Crippen LogP contribution in [0, 0.1) is 0 Å². The highest BCUT2D eigenvalue weighted by Crippen LogP contribution is 2.19. The molecule has 1 aromatic rings. The van der Waals surface area contributed by atoms with Crippen LogP contribution in [-0.4, -0.2) is 37.0 Å². The number of nitrogens with one attached hydrogen (secondary N) is 1. The normalized spacial score (nSPS) is 10.8. The zero-order valence-electron chi connectivity index (χ0n) is 11.7. The minimum Gasteiger partial charge on any atom is -0.338 e. The molecule has 0 heterocycles. The van der Waals surface area contributed by atoms with Gasteiger partial charge in [0.25, 0.3) is 6.43 Å². The largest absolute Gasteiger partial charge is 0.338 e. The van der Waals surface area contributed by atoms with Crippen LogP contribution >= 0.6 is 23.2 Å². The summed E-state index contributed by atoms with van der Waals surface area (Å²) in [5, 5.41) is 3.67. The Labute approximate surface area is 133 Å². The Morgan fingerprint density at radius 1 is 1.29 bits per heavy atom. The molecule has 1 N–H and O–H groups in total. The topological polar surface area (TPSA) is 32.3 Å². The molecule has 2 amide bonds. The van der Waals surface area contributed by atoms with Crippen molar-refractivity contribution in [2.45, 2.75) is 26.2 Å². The second-order valence-corrected chi connectivity index (χ2v) is 5.47. The molecule has 1 aromatic carbocycles. The van der Waals surface area contributed by atoms with Gasteiger partial charge in [-0.05, 0) is 36.6 Å². The molecule has 0 saturated carbocycles. The van der Waals surface area contributed by atoms with E-state index in [1.165, 1.54) is 0 Å². The number of carbonyl (C=O) groups excluding carboxylic acids is 1. The molecule has 0 fully saturated rings. The van der Waals surface area contributed by atoms with E-state index in [-0.39, 0.29) is 0 Å². The molecule has 0 radical (unpaired) electrons. The highest BCUT2D eigenvalue weighted by Gasteiger charge is 2.16. The van der Waals surface area contributed by atoms with Crippen molar-refractivity contribution in [2.75, 3.05) is 19.6 Å². The van der Waals surface area contributed by atoms with Gasteiger partial charge in [0.2, 0.25) is 0 Å². The average molecular weight is 339 g/mol. The van der Waals surface area contributed by atoms with E-state index in [1.54, 1.807) is 18.2 Å². The van der Waals surface area contributed by atoms with E-state index in [0.29, 0.717) is 36.0 Å². The second-order valence-electron chi connectivity index (χ2n) is 4.60. The van der Waals surface area contributed by atoms with Crippen molar-refractivity contribution in [3.63, 3.8) is 0 Å². The van der Waals surface area contributed by atoms with Gasteiger partial charge in [-0.25, -0.2) is 13.6 Å². The third-order valence-corrected chi connectivity index (χ3v) is 3.19. The fraction of sp³-hybridized carbons (Fsp3) is 0.500. The van der Waals surface area contributed by atoms with Crippen LogP contribution in [0.3, 0.4) is 0 Å². The summed E-state index contributed by atoms with van der Waals surface area (Å²) >= 11 is 11.8. The summed E-state index contributed by atoms with van der Waals surface area (Å²) in [6.07, 6.45) is -1.38. The van der Waals surface area contributed by atoms with Crippen LogP contribution in [0.5, 0.6) is 0 Å². The number of hydrogen-bond donors (Lipinski definition) is 1. The van der Waals surface area contributed by atoms with Gasteiger partial charge in [-0.15, -0.1) is 0 Å². The van der Waals surface area contributed by atoms with Gasteiger partial charge in [0.15, 0.2) is 0 Å². The first-order valence-electron chi connectivity index (χ1n) is 6.68. The summed E-state index contributed by atoms with van der Waals surface area (Å²) in [6, 6.07) is 4.65. The summed E-state index contributed by atoms with van der Waals surface area (Å²) < 4.78 is 24.8. The lowest BCUT2D eigenvalue weighted by molar-refractivity contribution is 0.0984. The smallest absolute Gasteiger partial charge is 0.317 e. The molecule has 0 aliphatic rings. The van der Waals surface area contributed by atoms with Gasteiger partial charge < -0.3 is 10.2 Å². The number of amides is 2. The predicted octanol–water partition coefficient (Wildman–Crippen LogP) is 4.22. The maximum Gasteiger partial charge on any atom is 0.317 e. The van der Waals surface area contributed by atoms with E-state index in [0.717, 1.165) is 10.5 Å². The van der Waals surface area contributed by atoms with Crippen LogP contribution in [-0.2, 0) is 6.42 Å². The zero-order valence-corrected chi connectivity index (χ0v) is 13.2. The van der Waals surface area contributed by atoms with Crippen molar-refractivity contribution in [3.8, 4) is 0 Å². The minimum absolute atomic E-state index is 0.305. The number of alkyl halides is 2. The Bertz CT molecular complexity index is 452. The zero-order chi connectivity index (χ0) is 15.8. The van der Waals surface area contributed by atoms with Gasteiger partial charge in [0.05, 0.1) is 6.54 Å². The molecule has 0 saturated heterocycles. The van der Waals surface area contributed by atoms with Gasteiger partial charge >= 0.3 is 6.03 Å². The number of urea groups is 1. The summed E-state index contributed by atoms with van der Waals surface area (Å²) in [7, 11) is 0. The lowest BCUT2D eigenvalue weighted by Crippen LogP contribution is -2.43. The Morgan fingerprint density at radius 2 is 1.90 bits per heavy atom. The van der Waals surface area contributed by atoms with Crippen LogP contribution in [0.15, 0.2) is 18.2 Å². The van der Waals surface area contributed by atoms with Crippen LogP contribution in [0.4, 0.5) is 13.6 Å². The highest BCUT2D eigenvalue weighted by molar-refractivity contribution is 6.34. The highest BCUT2D eigenvalue weighted by atomic mass is 35.5. The Hall–Kier alpha value is -1.07. The molecular weight excluding hydrogens is 321 g/mol. The molecule has 21 heavy (non-hydrogen) atoms. The van der Waals surface area contributed by atoms with Gasteiger partial charge in [-0.2, -0.15) is 0 Å². The van der Waals surface area contributed by atoms with E-state index >= 15 is 0 Å². The average Bonchev–Trinajstić information content (AvgIpc) is 2.36. The van der Waals surface area contributed by atoms with Crippen molar-refractivity contribution < 1.29 is 13.6 Å². The fourth-order valence-corrected chi connectivity index (χ4v) is 2.46. The third-order valence-electron chi connectivity index (χ3n) is 2.75. The van der Waals surface area contributed by atoms with Crippen molar-refractivity contribution in [1.29, 1.82) is 0 Å². The van der Waals surface area contributed by atoms with E-state index in [1.807, 2.05) is 6.92 Å². The maximum absolute atomic E-state index is 12.4. The van der Waals surface area contributed by atoms with Gasteiger partial charge in [-0.1, -0.05) is 30.1 Å². The van der Waals surface area contributed by atoms with Crippen LogP contribution in [0.1, 0.15) is 18.9 Å². The lowest BCUT2D eigenvalue weighted by Gasteiger charge is -2.22. The summed E-state index contributed by atoms with van der Waals surface area (Å²) in [5.41, 5.74) is 0.878. The van der Waals surface area contributed by atoms with Crippen molar-refractivity contribution in [2.24, 2.45) is 0 Å². The maximum atomic E-state index is 12.4. The molecule has 3 nitrogen and oxygen atoms in total. The van der Waals surface area contributed by atoms with Crippen LogP contribution in [0.25, 0.3) is 0 Å². The molecule has 0 aromatic heterocycles. The van der Waals surface area contributed by atoms with E-state index in [2.05, 4.69) is 5.32 Å². The first kappa shape index (κ1) is 18.0. The van der Waals surface area contributed by atoms with Gasteiger partial charge in [-0.3, -0.25) is 0 Å². The SMILES string of the molecule is CCCN(CC(F)F)C(=O)NCCc1cc(Cl)cc(Cl)c1. The molecule has 0 bridgehead atoms. The molecular formula is C14H18Cl2F2N2O. The molecule has 0 aliphatic heterocycles. The number of benzene rings is 1. The number of nitrogens with zero attached hydrogens (tertiary/aromatic N) is 1. The minimum atomic E-state index is -2.53. The van der Waals surface area contributed by atoms with Gasteiger partial charge in [0, 0.05) is 23.1 Å². The quantitative estimate of drug-likeness (QED) is 0.792. The summed E-state index contributed by atoms with van der Waals surface area (Å²) in [4.78, 5) is 12.9. The number of rotatable bonds is 7. The van der Waals surface area contributed by atoms with E-state index < -0.39 is 19.0 Å². The first-order valence-corrected chi connectivity index (χ1v) is 7.44. The van der Waals surface area contributed by atoms with Crippen LogP contribution < -0.4 is 5.32 Å². The predicted molar refractivity (Wildman–Crippen MR) is 81.4 cm³/mol. The Balaban J connectivity index is 2.47. The van der Waals surface area contributed by atoms with Crippen LogP contribution in [0.2, 0.25) is 10.0 Å². The molecule has 0 spiro atoms. The third kappa shape index (κ3) is 6.96. The lowest BCUT2D eigenvalue weighted by atomic mass is 10.1. The first-order chi connectivity index (χ1) is 9.92. The van der Waals surface area contributed by atoms with Crippen molar-refractivity contribution in [3.05, 3.63) is 33.8 Å². The standard InChI is InChI=1S/C14H18Cl2F2N2O/c1-2-5-20(9-13(17)18)14(21)19-4-3-10-6-11(15)8-12(16)7-10/h6-8,13H,2-5,9H2,1H3,(H,19,21). The van der Waals surface area contributed by atoms with Crippen molar-refractivity contribution >= 4 is 29.2 Å². The number of hydrogen-bond acceptors (Lipinski definition) is 1. The molecule has 0 atom stereocenters. The summed E-state index contributed by atoms with van der Waals surface area (Å²) in [6.45, 7) is 1.92. The molecule has 1 rings (SSSR count). The Kier molecular flexibility index (Phi) is 7.75. The monoisotopic (exact) mass is 338 g/mol. The van der Waals surface area contributed by atoms with Gasteiger partial charge in [0.1, 0.15) is 0 Å². The Morgan fingerprint density at radius 3 is 2.43 bits per heavy atom. The molecule has 0 aliphatic carbocycles. The number of halogens is 4. The second kappa shape index (κ2) is 9.05.